The van der Waals surface area contributed by atoms with Gasteiger partial charge in [0.2, 0.25) is 0 Å². The van der Waals surface area contributed by atoms with Crippen molar-refractivity contribution >= 4 is 35.1 Å². The van der Waals surface area contributed by atoms with Crippen molar-refractivity contribution in [1.82, 2.24) is 14.8 Å². The Morgan fingerprint density at radius 2 is 2.07 bits per heavy atom. The number of Topliss-reactive ketones (excluding diaryl/α,β-unsaturated/α-hetero) is 1. The molecule has 27 heavy (non-hydrogen) atoms. The highest BCUT2D eigenvalue weighted by Gasteiger charge is 2.24. The summed E-state index contributed by atoms with van der Waals surface area (Å²) in [5.41, 5.74) is 1.67. The highest BCUT2D eigenvalue weighted by Crippen LogP contribution is 2.38. The van der Waals surface area contributed by atoms with E-state index in [-0.39, 0.29) is 28.8 Å². The molecule has 0 amide bonds. The molecule has 5 nitrogen and oxygen atoms in total. The summed E-state index contributed by atoms with van der Waals surface area (Å²) in [7, 11) is 0. The Bertz CT molecular complexity index is 1070. The molecule has 0 atom stereocenters. The van der Waals surface area contributed by atoms with E-state index >= 15 is 0 Å². The van der Waals surface area contributed by atoms with Gasteiger partial charge in [0, 0.05) is 12.0 Å². The minimum absolute atomic E-state index is 0.215. The van der Waals surface area contributed by atoms with Crippen LogP contribution in [0.1, 0.15) is 22.3 Å². The van der Waals surface area contributed by atoms with Crippen molar-refractivity contribution in [2.45, 2.75) is 6.42 Å². The average Bonchev–Trinajstić information content (AvgIpc) is 3.13. The molecular formula is C19H12Cl2FN3O2. The first-order valence-electron chi connectivity index (χ1n) is 8.05. The molecule has 0 N–H and O–H groups in total. The van der Waals surface area contributed by atoms with Gasteiger partial charge in [0.25, 0.3) is 0 Å². The van der Waals surface area contributed by atoms with Crippen molar-refractivity contribution in [2.75, 3.05) is 6.61 Å². The molecule has 0 radical (unpaired) electrons. The van der Waals surface area contributed by atoms with Crippen LogP contribution < -0.4 is 4.74 Å². The highest BCUT2D eigenvalue weighted by atomic mass is 35.5. The predicted molar refractivity (Wildman–Crippen MR) is 100 cm³/mol. The Morgan fingerprint density at radius 3 is 2.81 bits per heavy atom. The first-order chi connectivity index (χ1) is 13.0. The van der Waals surface area contributed by atoms with E-state index in [0.717, 1.165) is 0 Å². The van der Waals surface area contributed by atoms with Crippen molar-refractivity contribution in [2.24, 2.45) is 0 Å². The number of fused-ring (bicyclic) bond motifs is 1. The third kappa shape index (κ3) is 3.34. The number of halogens is 3. The zero-order valence-corrected chi connectivity index (χ0v) is 15.3. The molecule has 0 unspecified atom stereocenters. The lowest BCUT2D eigenvalue weighted by Crippen LogP contribution is -2.03. The zero-order chi connectivity index (χ0) is 19.0. The first-order valence-corrected chi connectivity index (χ1v) is 8.81. The second kappa shape index (κ2) is 7.13. The maximum Gasteiger partial charge on any atom is 0.192 e. The van der Waals surface area contributed by atoms with Gasteiger partial charge in [-0.15, -0.1) is 0 Å². The summed E-state index contributed by atoms with van der Waals surface area (Å²) in [5.74, 6) is -0.408. The van der Waals surface area contributed by atoms with E-state index in [1.165, 1.54) is 23.4 Å². The topological polar surface area (TPSA) is 57.0 Å². The van der Waals surface area contributed by atoms with Crippen molar-refractivity contribution < 1.29 is 13.9 Å². The van der Waals surface area contributed by atoms with Crippen LogP contribution >= 0.6 is 23.2 Å². The summed E-state index contributed by atoms with van der Waals surface area (Å²) in [6.45, 7) is 0.268. The van der Waals surface area contributed by atoms with Gasteiger partial charge < -0.3 is 4.74 Å². The van der Waals surface area contributed by atoms with E-state index in [0.29, 0.717) is 28.1 Å². The lowest BCUT2D eigenvalue weighted by atomic mass is 9.99. The Balaban J connectivity index is 1.70. The van der Waals surface area contributed by atoms with Gasteiger partial charge in [-0.05, 0) is 35.9 Å². The van der Waals surface area contributed by atoms with Gasteiger partial charge in [-0.25, -0.2) is 14.1 Å². The Labute approximate surface area is 164 Å². The second-order valence-corrected chi connectivity index (χ2v) is 6.67. The molecule has 0 spiro atoms. The van der Waals surface area contributed by atoms with Gasteiger partial charge in [-0.1, -0.05) is 29.3 Å². The van der Waals surface area contributed by atoms with Gasteiger partial charge in [0.1, 0.15) is 29.2 Å². The lowest BCUT2D eigenvalue weighted by Gasteiger charge is -2.08. The average molecular weight is 404 g/mol. The van der Waals surface area contributed by atoms with E-state index in [9.17, 15) is 9.18 Å². The van der Waals surface area contributed by atoms with Crippen LogP contribution in [0.2, 0.25) is 10.0 Å². The molecule has 1 aliphatic rings. The van der Waals surface area contributed by atoms with Crippen LogP contribution in [0.3, 0.4) is 0 Å². The lowest BCUT2D eigenvalue weighted by molar-refractivity contribution is 0.103. The molecule has 3 aromatic rings. The molecule has 2 aromatic carbocycles. The molecule has 0 bridgehead atoms. The number of ketones is 1. The van der Waals surface area contributed by atoms with Gasteiger partial charge in [0.15, 0.2) is 11.5 Å². The normalized spacial score (nSPS) is 15.4. The molecule has 0 saturated carbocycles. The smallest absolute Gasteiger partial charge is 0.192 e. The maximum atomic E-state index is 14.4. The standard InChI is InChI=1S/C19H12Cl2FN3O2/c20-14-3-2-13-18(26)12(5-6-27-19(13)17(14)21)7-11-1-4-16(15(22)8-11)25-10-23-9-24-25/h1-4,7-10H,5-6H2. The number of hydrogen-bond acceptors (Lipinski definition) is 4. The molecule has 1 aliphatic heterocycles. The fraction of sp³-hybridized carbons (Fsp3) is 0.105. The SMILES string of the molecule is O=C1C(=Cc2ccc(-n3cncn3)c(F)c2)CCOc2c1ccc(Cl)c2Cl. The van der Waals surface area contributed by atoms with Crippen LogP contribution in [-0.2, 0) is 0 Å². The van der Waals surface area contributed by atoms with Crippen LogP contribution in [0, 0.1) is 5.82 Å². The Hall–Kier alpha value is -2.70. The van der Waals surface area contributed by atoms with Crippen molar-refractivity contribution in [1.29, 1.82) is 0 Å². The number of benzene rings is 2. The highest BCUT2D eigenvalue weighted by molar-refractivity contribution is 6.43. The molecule has 8 heteroatoms. The summed E-state index contributed by atoms with van der Waals surface area (Å²) in [6, 6.07) is 7.78. The van der Waals surface area contributed by atoms with Gasteiger partial charge in [-0.2, -0.15) is 5.10 Å². The fourth-order valence-corrected chi connectivity index (χ4v) is 3.24. The van der Waals surface area contributed by atoms with Crippen molar-refractivity contribution in [3.8, 4) is 11.4 Å². The van der Waals surface area contributed by atoms with Crippen LogP contribution in [-0.4, -0.2) is 27.2 Å². The van der Waals surface area contributed by atoms with E-state index in [2.05, 4.69) is 10.1 Å². The van der Waals surface area contributed by atoms with Crippen LogP contribution in [0.5, 0.6) is 5.75 Å². The summed E-state index contributed by atoms with van der Waals surface area (Å²) in [5, 5.41) is 4.45. The predicted octanol–water partition coefficient (Wildman–Crippen LogP) is 4.76. The fourth-order valence-electron chi connectivity index (χ4n) is 2.87. The third-order valence-corrected chi connectivity index (χ3v) is 4.97. The number of carbonyl (C=O) groups excluding carboxylic acids is 1. The minimum atomic E-state index is -0.470. The molecular weight excluding hydrogens is 392 g/mol. The molecule has 4 rings (SSSR count). The number of carbonyl (C=O) groups is 1. The minimum Gasteiger partial charge on any atom is -0.491 e. The number of hydrogen-bond donors (Lipinski definition) is 0. The van der Waals surface area contributed by atoms with E-state index in [1.54, 1.807) is 30.3 Å². The number of rotatable bonds is 2. The van der Waals surface area contributed by atoms with Crippen LogP contribution in [0.4, 0.5) is 4.39 Å². The van der Waals surface area contributed by atoms with Crippen LogP contribution in [0.25, 0.3) is 11.8 Å². The quantitative estimate of drug-likeness (QED) is 0.578. The number of aromatic nitrogens is 3. The molecule has 0 saturated heterocycles. The van der Waals surface area contributed by atoms with Gasteiger partial charge >= 0.3 is 0 Å². The Morgan fingerprint density at radius 1 is 1.22 bits per heavy atom. The third-order valence-electron chi connectivity index (χ3n) is 4.18. The second-order valence-electron chi connectivity index (χ2n) is 5.89. The molecule has 0 aliphatic carbocycles. The number of ether oxygens (including phenoxy) is 1. The molecule has 2 heterocycles. The van der Waals surface area contributed by atoms with E-state index in [1.807, 2.05) is 0 Å². The summed E-state index contributed by atoms with van der Waals surface area (Å²) in [6.07, 6.45) is 4.76. The van der Waals surface area contributed by atoms with Crippen LogP contribution in [0.15, 0.2) is 48.6 Å². The molecule has 0 fully saturated rings. The van der Waals surface area contributed by atoms with Gasteiger partial charge in [0.05, 0.1) is 17.2 Å². The molecule has 136 valence electrons. The zero-order valence-electron chi connectivity index (χ0n) is 13.8. The van der Waals surface area contributed by atoms with Gasteiger partial charge in [-0.3, -0.25) is 4.79 Å². The summed E-state index contributed by atoms with van der Waals surface area (Å²) < 4.78 is 21.4. The molecule has 1 aromatic heterocycles. The summed E-state index contributed by atoms with van der Waals surface area (Å²) >= 11 is 12.1. The summed E-state index contributed by atoms with van der Waals surface area (Å²) in [4.78, 5) is 16.7. The number of nitrogens with zero attached hydrogens (tertiary/aromatic N) is 3. The first kappa shape index (κ1) is 17.7. The van der Waals surface area contributed by atoms with E-state index in [4.69, 9.17) is 27.9 Å². The van der Waals surface area contributed by atoms with Crippen molar-refractivity contribution in [3.63, 3.8) is 0 Å². The largest absolute Gasteiger partial charge is 0.491 e. The monoisotopic (exact) mass is 403 g/mol. The van der Waals surface area contributed by atoms with Crippen molar-refractivity contribution in [3.05, 3.63) is 75.5 Å². The maximum absolute atomic E-state index is 14.4. The Kier molecular flexibility index (Phi) is 4.68. The van der Waals surface area contributed by atoms with E-state index < -0.39 is 5.82 Å².